The summed E-state index contributed by atoms with van der Waals surface area (Å²) in [4.78, 5) is 4.12. The first-order valence-electron chi connectivity index (χ1n) is 5.53. The third-order valence-electron chi connectivity index (χ3n) is 1.96. The molecule has 1 rings (SSSR count). The zero-order valence-corrected chi connectivity index (χ0v) is 10.2. The van der Waals surface area contributed by atoms with Crippen LogP contribution in [0.4, 0.5) is 0 Å². The third kappa shape index (κ3) is 4.11. The first-order chi connectivity index (χ1) is 7.29. The van der Waals surface area contributed by atoms with Crippen LogP contribution in [0.25, 0.3) is 12.2 Å². The number of allylic oxidation sites excluding steroid dienone is 1. The molecule has 1 heterocycles. The van der Waals surface area contributed by atoms with Gasteiger partial charge in [0.05, 0.1) is 0 Å². The minimum Gasteiger partial charge on any atom is -0.264 e. The summed E-state index contributed by atoms with van der Waals surface area (Å²) in [5, 5.41) is 0. The average Bonchev–Trinajstić information content (AvgIpc) is 2.30. The fourth-order valence-corrected chi connectivity index (χ4v) is 1.22. The van der Waals surface area contributed by atoms with Crippen LogP contribution in [0.3, 0.4) is 0 Å². The average molecular weight is 203 g/mol. The molecule has 0 aliphatic heterocycles. The molecule has 0 unspecified atom stereocenters. The van der Waals surface area contributed by atoms with Crippen molar-refractivity contribution < 1.29 is 0 Å². The number of rotatable bonds is 3. The van der Waals surface area contributed by atoms with E-state index in [0.29, 0.717) is 0 Å². The molecule has 0 aliphatic rings. The van der Waals surface area contributed by atoms with E-state index in [-0.39, 0.29) is 0 Å². The van der Waals surface area contributed by atoms with Crippen molar-refractivity contribution in [1.82, 2.24) is 4.98 Å². The molecule has 0 fully saturated rings. The van der Waals surface area contributed by atoms with Crippen LogP contribution < -0.4 is 0 Å². The van der Waals surface area contributed by atoms with Gasteiger partial charge in [-0.25, -0.2) is 0 Å². The Balaban J connectivity index is 0.000000921. The topological polar surface area (TPSA) is 12.9 Å². The lowest BCUT2D eigenvalue weighted by atomic mass is 10.0. The summed E-state index contributed by atoms with van der Waals surface area (Å²) in [7, 11) is 0. The van der Waals surface area contributed by atoms with E-state index in [0.717, 1.165) is 12.0 Å². The summed E-state index contributed by atoms with van der Waals surface area (Å²) >= 11 is 0. The zero-order valence-electron chi connectivity index (χ0n) is 10.2. The van der Waals surface area contributed by atoms with E-state index >= 15 is 0 Å². The Labute approximate surface area is 93.6 Å². The number of pyridine rings is 1. The fraction of sp³-hybridized carbons (Fsp3) is 0.357. The molecule has 0 atom stereocenters. The van der Waals surface area contributed by atoms with E-state index in [1.807, 2.05) is 32.3 Å². The summed E-state index contributed by atoms with van der Waals surface area (Å²) in [6, 6.07) is 0. The van der Waals surface area contributed by atoms with Gasteiger partial charge >= 0.3 is 0 Å². The molecule has 15 heavy (non-hydrogen) atoms. The normalized spacial score (nSPS) is 9.60. The second-order valence-corrected chi connectivity index (χ2v) is 2.97. The lowest BCUT2D eigenvalue weighted by Gasteiger charge is -2.03. The fourth-order valence-electron chi connectivity index (χ4n) is 1.22. The van der Waals surface area contributed by atoms with Crippen LogP contribution in [0.15, 0.2) is 25.0 Å². The standard InChI is InChI=1S/C12H15N.C2H6/c1-4-6-7-12-10(3)8-13-9-11(12)5-2;1-2/h5-9H,2,4H2,1,3H3;1-2H3/b7-6-;. The SMILES string of the molecule is C=Cc1cncc(C)c1/C=C\CC.CC. The van der Waals surface area contributed by atoms with Crippen molar-refractivity contribution in [3.63, 3.8) is 0 Å². The van der Waals surface area contributed by atoms with Gasteiger partial charge in [-0.15, -0.1) is 0 Å². The zero-order chi connectivity index (χ0) is 11.7. The highest BCUT2D eigenvalue weighted by Gasteiger charge is 1.98. The van der Waals surface area contributed by atoms with Gasteiger partial charge in [0.25, 0.3) is 0 Å². The van der Waals surface area contributed by atoms with Crippen molar-refractivity contribution in [2.75, 3.05) is 0 Å². The van der Waals surface area contributed by atoms with E-state index in [4.69, 9.17) is 0 Å². The van der Waals surface area contributed by atoms with Crippen LogP contribution in [-0.4, -0.2) is 4.98 Å². The molecular formula is C14H21N. The monoisotopic (exact) mass is 203 g/mol. The van der Waals surface area contributed by atoms with Crippen LogP contribution in [-0.2, 0) is 0 Å². The maximum atomic E-state index is 4.12. The van der Waals surface area contributed by atoms with E-state index < -0.39 is 0 Å². The smallest absolute Gasteiger partial charge is 0.0346 e. The van der Waals surface area contributed by atoms with Crippen LogP contribution >= 0.6 is 0 Å². The Morgan fingerprint density at radius 1 is 1.33 bits per heavy atom. The van der Waals surface area contributed by atoms with Crippen molar-refractivity contribution in [2.24, 2.45) is 0 Å². The van der Waals surface area contributed by atoms with E-state index in [1.54, 1.807) is 0 Å². The van der Waals surface area contributed by atoms with E-state index in [2.05, 4.69) is 37.6 Å². The highest BCUT2D eigenvalue weighted by Crippen LogP contribution is 2.15. The van der Waals surface area contributed by atoms with Crippen LogP contribution in [0, 0.1) is 6.92 Å². The lowest BCUT2D eigenvalue weighted by Crippen LogP contribution is -1.87. The Bertz CT molecular complexity index is 324. The Morgan fingerprint density at radius 2 is 2.00 bits per heavy atom. The van der Waals surface area contributed by atoms with Crippen molar-refractivity contribution >= 4 is 12.2 Å². The first-order valence-corrected chi connectivity index (χ1v) is 5.53. The summed E-state index contributed by atoms with van der Waals surface area (Å²) in [5.74, 6) is 0. The Hall–Kier alpha value is -1.37. The minimum atomic E-state index is 1.05. The molecule has 1 aromatic heterocycles. The molecule has 0 amide bonds. The largest absolute Gasteiger partial charge is 0.264 e. The van der Waals surface area contributed by atoms with E-state index in [1.165, 1.54) is 11.1 Å². The van der Waals surface area contributed by atoms with Crippen molar-refractivity contribution in [1.29, 1.82) is 0 Å². The molecule has 0 aliphatic carbocycles. The molecule has 1 aromatic rings. The predicted molar refractivity (Wildman–Crippen MR) is 69.7 cm³/mol. The maximum absolute atomic E-state index is 4.12. The van der Waals surface area contributed by atoms with Crippen LogP contribution in [0.5, 0.6) is 0 Å². The first kappa shape index (κ1) is 13.6. The molecule has 0 saturated carbocycles. The quantitative estimate of drug-likeness (QED) is 0.705. The predicted octanol–water partition coefficient (Wildman–Crippen LogP) is 4.48. The van der Waals surface area contributed by atoms with Gasteiger partial charge < -0.3 is 0 Å². The van der Waals surface area contributed by atoms with Crippen LogP contribution in [0.2, 0.25) is 0 Å². The highest BCUT2D eigenvalue weighted by molar-refractivity contribution is 5.65. The molecule has 1 nitrogen and oxygen atoms in total. The van der Waals surface area contributed by atoms with Gasteiger partial charge in [-0.05, 0) is 30.0 Å². The van der Waals surface area contributed by atoms with Gasteiger partial charge in [-0.1, -0.05) is 45.6 Å². The van der Waals surface area contributed by atoms with Crippen LogP contribution in [0.1, 0.15) is 43.9 Å². The number of hydrogen-bond donors (Lipinski definition) is 0. The molecule has 0 saturated heterocycles. The maximum Gasteiger partial charge on any atom is 0.0346 e. The number of nitrogens with zero attached hydrogens (tertiary/aromatic N) is 1. The molecule has 1 heteroatoms. The molecule has 0 radical (unpaired) electrons. The molecule has 0 spiro atoms. The highest BCUT2D eigenvalue weighted by atomic mass is 14.6. The number of hydrogen-bond acceptors (Lipinski definition) is 1. The molecule has 0 N–H and O–H groups in total. The van der Waals surface area contributed by atoms with Crippen molar-refractivity contribution in [3.8, 4) is 0 Å². The Kier molecular flexibility index (Phi) is 7.25. The van der Waals surface area contributed by atoms with Gasteiger partial charge in [-0.3, -0.25) is 4.98 Å². The van der Waals surface area contributed by atoms with Gasteiger partial charge in [0.2, 0.25) is 0 Å². The molecule has 0 aromatic carbocycles. The van der Waals surface area contributed by atoms with Gasteiger partial charge in [0.15, 0.2) is 0 Å². The molecular weight excluding hydrogens is 182 g/mol. The van der Waals surface area contributed by atoms with Crippen molar-refractivity contribution in [3.05, 3.63) is 41.7 Å². The number of aryl methyl sites for hydroxylation is 1. The lowest BCUT2D eigenvalue weighted by molar-refractivity contribution is 1.22. The van der Waals surface area contributed by atoms with Gasteiger partial charge in [0.1, 0.15) is 0 Å². The van der Waals surface area contributed by atoms with Crippen molar-refractivity contribution in [2.45, 2.75) is 34.1 Å². The minimum absolute atomic E-state index is 1.05. The second kappa shape index (κ2) is 7.98. The summed E-state index contributed by atoms with van der Waals surface area (Å²) in [5.41, 5.74) is 3.53. The molecule has 82 valence electrons. The van der Waals surface area contributed by atoms with E-state index in [9.17, 15) is 0 Å². The Morgan fingerprint density at radius 3 is 2.53 bits per heavy atom. The second-order valence-electron chi connectivity index (χ2n) is 2.97. The van der Waals surface area contributed by atoms with Gasteiger partial charge in [0, 0.05) is 12.4 Å². The summed E-state index contributed by atoms with van der Waals surface area (Å²) in [6.07, 6.45) is 10.9. The third-order valence-corrected chi connectivity index (χ3v) is 1.96. The molecule has 0 bridgehead atoms. The number of aromatic nitrogens is 1. The summed E-state index contributed by atoms with van der Waals surface area (Å²) < 4.78 is 0. The van der Waals surface area contributed by atoms with Gasteiger partial charge in [-0.2, -0.15) is 0 Å². The summed E-state index contributed by atoms with van der Waals surface area (Å²) in [6.45, 7) is 12.0.